The number of nitrogens with zero attached hydrogens (tertiary/aromatic N) is 1. The molecule has 0 saturated carbocycles. The highest BCUT2D eigenvalue weighted by Gasteiger charge is 2.47. The lowest BCUT2D eigenvalue weighted by atomic mass is 9.70. The van der Waals surface area contributed by atoms with Crippen molar-refractivity contribution in [2.75, 3.05) is 0 Å². The summed E-state index contributed by atoms with van der Waals surface area (Å²) in [5, 5.41) is 12.7. The summed E-state index contributed by atoms with van der Waals surface area (Å²) in [6.45, 7) is 6.64. The third kappa shape index (κ3) is 4.53. The molecule has 0 unspecified atom stereocenters. The number of rotatable bonds is 11. The van der Waals surface area contributed by atoms with Gasteiger partial charge in [-0.2, -0.15) is 0 Å². The second-order valence-corrected chi connectivity index (χ2v) is 10.5. The standard InChI is InChI=1S/C30H35NO2S/c1-4-7-19-30(20-8-5-2)26-21-22(12-6-3)15-16-24(26)25-17-18-27(29(28(25)30)31(32)33)34-23-13-10-9-11-14-23/h9-11,13-18,21H,4-8,12,19-20H2,1-3H3. The van der Waals surface area contributed by atoms with Gasteiger partial charge in [-0.05, 0) is 59.7 Å². The zero-order valence-electron chi connectivity index (χ0n) is 20.6. The van der Waals surface area contributed by atoms with Crippen LogP contribution >= 0.6 is 11.8 Å². The van der Waals surface area contributed by atoms with Crippen molar-refractivity contribution in [3.63, 3.8) is 0 Å². The van der Waals surface area contributed by atoms with E-state index in [9.17, 15) is 10.1 Å². The first-order chi connectivity index (χ1) is 16.6. The SMILES string of the molecule is CCCCC1(CCCC)c2cc(CCC)ccc2-c2ccc(Sc3ccccc3)c([N+](=O)[O-])c21. The van der Waals surface area contributed by atoms with Crippen LogP contribution in [-0.2, 0) is 11.8 Å². The Bertz CT molecular complexity index is 1150. The maximum absolute atomic E-state index is 12.7. The summed E-state index contributed by atoms with van der Waals surface area (Å²) in [5.41, 5.74) is 5.90. The van der Waals surface area contributed by atoms with Crippen molar-refractivity contribution < 1.29 is 4.92 Å². The summed E-state index contributed by atoms with van der Waals surface area (Å²) in [7, 11) is 0. The smallest absolute Gasteiger partial charge is 0.258 e. The molecule has 0 atom stereocenters. The van der Waals surface area contributed by atoms with E-state index in [1.54, 1.807) is 0 Å². The highest BCUT2D eigenvalue weighted by molar-refractivity contribution is 7.99. The normalized spacial score (nSPS) is 13.5. The van der Waals surface area contributed by atoms with Gasteiger partial charge in [0.1, 0.15) is 0 Å². The van der Waals surface area contributed by atoms with Gasteiger partial charge in [-0.1, -0.05) is 107 Å². The van der Waals surface area contributed by atoms with E-state index < -0.39 is 0 Å². The van der Waals surface area contributed by atoms with Crippen LogP contribution in [0.25, 0.3) is 11.1 Å². The van der Waals surface area contributed by atoms with Crippen molar-refractivity contribution in [3.05, 3.63) is 87.5 Å². The van der Waals surface area contributed by atoms with Crippen molar-refractivity contribution in [3.8, 4) is 11.1 Å². The molecular weight excluding hydrogens is 438 g/mol. The molecule has 0 heterocycles. The predicted molar refractivity (Wildman–Crippen MR) is 143 cm³/mol. The van der Waals surface area contributed by atoms with E-state index >= 15 is 0 Å². The van der Waals surface area contributed by atoms with Gasteiger partial charge >= 0.3 is 0 Å². The molecule has 0 fully saturated rings. The zero-order valence-corrected chi connectivity index (χ0v) is 21.4. The quantitative estimate of drug-likeness (QED) is 0.206. The first-order valence-electron chi connectivity index (χ1n) is 12.7. The van der Waals surface area contributed by atoms with E-state index in [1.165, 1.54) is 28.5 Å². The van der Waals surface area contributed by atoms with Gasteiger partial charge in [-0.25, -0.2) is 0 Å². The predicted octanol–water partition coefficient (Wildman–Crippen LogP) is 9.35. The molecule has 0 spiro atoms. The van der Waals surface area contributed by atoms with E-state index in [0.29, 0.717) is 5.69 Å². The maximum Gasteiger partial charge on any atom is 0.287 e. The average Bonchev–Trinajstić information content (AvgIpc) is 3.11. The molecule has 3 aromatic rings. The Morgan fingerprint density at radius 1 is 0.853 bits per heavy atom. The van der Waals surface area contributed by atoms with Gasteiger partial charge in [0.05, 0.1) is 9.82 Å². The van der Waals surface area contributed by atoms with Crippen molar-refractivity contribution in [1.29, 1.82) is 0 Å². The molecule has 0 saturated heterocycles. The van der Waals surface area contributed by atoms with Crippen LogP contribution in [0.15, 0.2) is 70.5 Å². The zero-order chi connectivity index (χ0) is 24.1. The van der Waals surface area contributed by atoms with Gasteiger partial charge in [0, 0.05) is 15.9 Å². The molecule has 1 aliphatic carbocycles. The van der Waals surface area contributed by atoms with Gasteiger partial charge in [-0.15, -0.1) is 0 Å². The van der Waals surface area contributed by atoms with Crippen LogP contribution in [0.2, 0.25) is 0 Å². The van der Waals surface area contributed by atoms with E-state index in [-0.39, 0.29) is 10.3 Å². The molecule has 3 nitrogen and oxygen atoms in total. The van der Waals surface area contributed by atoms with Gasteiger partial charge in [0.15, 0.2) is 0 Å². The fourth-order valence-corrected chi connectivity index (χ4v) is 6.52. The third-order valence-electron chi connectivity index (χ3n) is 7.12. The second-order valence-electron chi connectivity index (χ2n) is 9.43. The molecule has 4 rings (SSSR count). The van der Waals surface area contributed by atoms with E-state index in [2.05, 4.69) is 45.0 Å². The molecule has 0 aromatic heterocycles. The molecule has 0 radical (unpaired) electrons. The minimum absolute atomic E-state index is 0.115. The average molecular weight is 474 g/mol. The van der Waals surface area contributed by atoms with E-state index in [4.69, 9.17) is 0 Å². The maximum atomic E-state index is 12.7. The van der Waals surface area contributed by atoms with Crippen molar-refractivity contribution in [1.82, 2.24) is 0 Å². The lowest BCUT2D eigenvalue weighted by Crippen LogP contribution is -2.27. The minimum Gasteiger partial charge on any atom is -0.258 e. The summed E-state index contributed by atoms with van der Waals surface area (Å²) in [6.07, 6.45) is 8.35. The van der Waals surface area contributed by atoms with Crippen molar-refractivity contribution in [2.45, 2.75) is 87.3 Å². The van der Waals surface area contributed by atoms with Gasteiger partial charge < -0.3 is 0 Å². The van der Waals surface area contributed by atoms with Gasteiger partial charge in [0.2, 0.25) is 0 Å². The van der Waals surface area contributed by atoms with Crippen molar-refractivity contribution >= 4 is 17.4 Å². The van der Waals surface area contributed by atoms with Crippen molar-refractivity contribution in [2.24, 2.45) is 0 Å². The molecule has 1 aliphatic rings. The van der Waals surface area contributed by atoms with Crippen LogP contribution in [0, 0.1) is 10.1 Å². The van der Waals surface area contributed by atoms with E-state index in [0.717, 1.165) is 72.3 Å². The Hall–Kier alpha value is -2.59. The first-order valence-corrected chi connectivity index (χ1v) is 13.6. The molecular formula is C30H35NO2S. The number of hydrogen-bond acceptors (Lipinski definition) is 3. The highest BCUT2D eigenvalue weighted by Crippen LogP contribution is 2.59. The molecule has 3 aromatic carbocycles. The Morgan fingerprint density at radius 3 is 2.15 bits per heavy atom. The van der Waals surface area contributed by atoms with Crippen LogP contribution in [0.4, 0.5) is 5.69 Å². The summed E-state index contributed by atoms with van der Waals surface area (Å²) in [4.78, 5) is 14.4. The Balaban J connectivity index is 1.98. The number of unbranched alkanes of at least 4 members (excludes halogenated alkanes) is 2. The summed E-state index contributed by atoms with van der Waals surface area (Å²) >= 11 is 1.51. The Labute approximate surface area is 208 Å². The third-order valence-corrected chi connectivity index (χ3v) is 8.17. The number of nitro benzene ring substituents is 1. The second kappa shape index (κ2) is 10.8. The fraction of sp³-hybridized carbons (Fsp3) is 0.400. The van der Waals surface area contributed by atoms with Crippen LogP contribution in [0.5, 0.6) is 0 Å². The lowest BCUT2D eigenvalue weighted by molar-refractivity contribution is -0.388. The molecule has 0 amide bonds. The van der Waals surface area contributed by atoms with Gasteiger partial charge in [0.25, 0.3) is 5.69 Å². The lowest BCUT2D eigenvalue weighted by Gasteiger charge is -2.32. The number of benzene rings is 3. The monoisotopic (exact) mass is 473 g/mol. The highest BCUT2D eigenvalue weighted by atomic mass is 32.2. The Morgan fingerprint density at radius 2 is 1.53 bits per heavy atom. The summed E-state index contributed by atoms with van der Waals surface area (Å²) < 4.78 is 0. The number of aryl methyl sites for hydroxylation is 1. The number of nitro groups is 1. The van der Waals surface area contributed by atoms with Crippen LogP contribution < -0.4 is 0 Å². The van der Waals surface area contributed by atoms with E-state index in [1.807, 2.05) is 36.4 Å². The van der Waals surface area contributed by atoms with Crippen LogP contribution in [0.1, 0.15) is 82.4 Å². The summed E-state index contributed by atoms with van der Waals surface area (Å²) in [5.74, 6) is 0. The largest absolute Gasteiger partial charge is 0.287 e. The minimum atomic E-state index is -0.296. The molecule has 34 heavy (non-hydrogen) atoms. The fourth-order valence-electron chi connectivity index (χ4n) is 5.56. The number of hydrogen-bond donors (Lipinski definition) is 0. The van der Waals surface area contributed by atoms with Crippen LogP contribution in [-0.4, -0.2) is 4.92 Å². The molecule has 4 heteroatoms. The topological polar surface area (TPSA) is 43.1 Å². The molecule has 0 aliphatic heterocycles. The Kier molecular flexibility index (Phi) is 7.77. The molecule has 178 valence electrons. The molecule has 0 bridgehead atoms. The summed E-state index contributed by atoms with van der Waals surface area (Å²) in [6, 6.07) is 20.9. The molecule has 0 N–H and O–H groups in total. The first kappa shape index (κ1) is 24.5. The van der Waals surface area contributed by atoms with Crippen LogP contribution in [0.3, 0.4) is 0 Å². The van der Waals surface area contributed by atoms with Gasteiger partial charge in [-0.3, -0.25) is 10.1 Å². The number of fused-ring (bicyclic) bond motifs is 3.